The summed E-state index contributed by atoms with van der Waals surface area (Å²) >= 11 is 0. The number of benzene rings is 2. The van der Waals surface area contributed by atoms with Crippen LogP contribution < -0.4 is 9.47 Å². The normalized spacial score (nSPS) is 21.2. The molecule has 3 aliphatic heterocycles. The number of aromatic amines is 1. The van der Waals surface area contributed by atoms with Crippen molar-refractivity contribution in [2.75, 3.05) is 53.6 Å². The molecule has 0 bridgehead atoms. The number of ether oxygens (including phenoxy) is 3. The van der Waals surface area contributed by atoms with Gasteiger partial charge in [0.15, 0.2) is 11.5 Å². The average molecular weight is 518 g/mol. The molecule has 0 saturated carbocycles. The van der Waals surface area contributed by atoms with Crippen molar-refractivity contribution in [3.8, 4) is 22.8 Å². The Hall–Kier alpha value is -2.54. The molecule has 0 radical (unpaired) electrons. The van der Waals surface area contributed by atoms with E-state index in [-0.39, 0.29) is 0 Å². The van der Waals surface area contributed by atoms with Crippen LogP contribution in [-0.4, -0.2) is 80.5 Å². The first-order chi connectivity index (χ1) is 18.6. The Morgan fingerprint density at radius 1 is 0.763 bits per heavy atom. The van der Waals surface area contributed by atoms with Crippen molar-refractivity contribution >= 4 is 10.9 Å². The number of aryl methyl sites for hydroxylation is 1. The highest BCUT2D eigenvalue weighted by molar-refractivity contribution is 5.91. The Labute approximate surface area is 227 Å². The second-order valence-electron chi connectivity index (χ2n) is 11.4. The number of aromatic nitrogens is 1. The lowest BCUT2D eigenvalue weighted by atomic mass is 9.87. The maximum Gasteiger partial charge on any atom is 0.161 e. The zero-order chi connectivity index (χ0) is 26.1. The lowest BCUT2D eigenvalue weighted by Crippen LogP contribution is -2.50. The number of nitrogens with one attached hydrogen (secondary N) is 1. The Morgan fingerprint density at radius 2 is 1.42 bits per heavy atom. The van der Waals surface area contributed by atoms with Crippen LogP contribution in [0.1, 0.15) is 55.6 Å². The molecule has 0 spiro atoms. The number of methoxy groups -OCH3 is 2. The van der Waals surface area contributed by atoms with Gasteiger partial charge in [-0.15, -0.1) is 0 Å². The molecule has 6 nitrogen and oxygen atoms in total. The van der Waals surface area contributed by atoms with Gasteiger partial charge in [-0.05, 0) is 119 Å². The first-order valence-corrected chi connectivity index (χ1v) is 14.5. The number of hydrogen-bond acceptors (Lipinski definition) is 5. The molecule has 0 amide bonds. The number of piperidine rings is 2. The van der Waals surface area contributed by atoms with Gasteiger partial charge in [-0.2, -0.15) is 0 Å². The Bertz CT molecular complexity index is 1230. The summed E-state index contributed by atoms with van der Waals surface area (Å²) in [6.45, 7) is 9.11. The summed E-state index contributed by atoms with van der Waals surface area (Å²) in [4.78, 5) is 9.21. The molecule has 1 N–H and O–H groups in total. The van der Waals surface area contributed by atoms with Gasteiger partial charge in [0.05, 0.1) is 14.2 Å². The van der Waals surface area contributed by atoms with E-state index in [1.807, 2.05) is 6.07 Å². The van der Waals surface area contributed by atoms with E-state index in [4.69, 9.17) is 14.2 Å². The van der Waals surface area contributed by atoms with Gasteiger partial charge in [0.25, 0.3) is 0 Å². The maximum absolute atomic E-state index is 5.58. The number of hydrogen-bond donors (Lipinski definition) is 1. The van der Waals surface area contributed by atoms with E-state index < -0.39 is 0 Å². The molecule has 4 heterocycles. The third-order valence-electron chi connectivity index (χ3n) is 9.48. The molecule has 204 valence electrons. The van der Waals surface area contributed by atoms with Crippen LogP contribution in [0.5, 0.6) is 11.5 Å². The van der Waals surface area contributed by atoms with Gasteiger partial charge in [-0.3, -0.25) is 0 Å². The fourth-order valence-electron chi connectivity index (χ4n) is 7.14. The number of likely N-dealkylation sites (tertiary alicyclic amines) is 2. The quantitative estimate of drug-likeness (QED) is 0.436. The first-order valence-electron chi connectivity index (χ1n) is 14.5. The summed E-state index contributed by atoms with van der Waals surface area (Å²) in [7, 11) is 3.36. The second kappa shape index (κ2) is 11.3. The van der Waals surface area contributed by atoms with E-state index >= 15 is 0 Å². The van der Waals surface area contributed by atoms with Crippen molar-refractivity contribution in [1.29, 1.82) is 0 Å². The van der Waals surface area contributed by atoms with E-state index in [0.717, 1.165) is 48.1 Å². The third kappa shape index (κ3) is 5.06. The van der Waals surface area contributed by atoms with Crippen molar-refractivity contribution < 1.29 is 14.2 Å². The highest BCUT2D eigenvalue weighted by Crippen LogP contribution is 2.38. The lowest BCUT2D eigenvalue weighted by Gasteiger charge is -2.44. The van der Waals surface area contributed by atoms with Gasteiger partial charge in [0.1, 0.15) is 0 Å². The first kappa shape index (κ1) is 25.7. The highest BCUT2D eigenvalue weighted by Gasteiger charge is 2.31. The summed E-state index contributed by atoms with van der Waals surface area (Å²) in [5.41, 5.74) is 6.26. The second-order valence-corrected chi connectivity index (χ2v) is 11.4. The summed E-state index contributed by atoms with van der Waals surface area (Å²) in [6, 6.07) is 14.7. The molecular formula is C32H43N3O3. The van der Waals surface area contributed by atoms with Crippen LogP contribution in [0.3, 0.4) is 0 Å². The van der Waals surface area contributed by atoms with Gasteiger partial charge in [-0.1, -0.05) is 6.07 Å². The Morgan fingerprint density at radius 3 is 2.11 bits per heavy atom. The Kier molecular flexibility index (Phi) is 7.64. The summed E-state index contributed by atoms with van der Waals surface area (Å²) in [6.07, 6.45) is 7.62. The van der Waals surface area contributed by atoms with Crippen molar-refractivity contribution in [2.45, 2.75) is 63.5 Å². The topological polar surface area (TPSA) is 50.0 Å². The largest absolute Gasteiger partial charge is 0.493 e. The SMILES string of the molecule is COc1ccc(-c2[nH]c3ccc(C4CCN(C5CCN(C6CCOCC6)CC5)CC4)cc3c2C)cc1OC. The van der Waals surface area contributed by atoms with Gasteiger partial charge >= 0.3 is 0 Å². The molecule has 3 aromatic rings. The van der Waals surface area contributed by atoms with Crippen LogP contribution in [0.2, 0.25) is 0 Å². The molecule has 3 fully saturated rings. The van der Waals surface area contributed by atoms with Gasteiger partial charge in [0, 0.05) is 47.5 Å². The predicted octanol–water partition coefficient (Wildman–Crippen LogP) is 5.98. The van der Waals surface area contributed by atoms with Crippen LogP contribution >= 0.6 is 0 Å². The molecule has 3 aliphatic rings. The van der Waals surface area contributed by atoms with Gasteiger partial charge in [0.2, 0.25) is 0 Å². The standard InChI is InChI=1S/C32H43N3O3/c1-22-28-20-24(4-6-29(28)33-32(22)25-5-7-30(36-2)31(21-25)37-3)23-8-14-34(15-9-23)26-10-16-35(17-11-26)27-12-18-38-19-13-27/h4-7,20-21,23,26-27,33H,8-19H2,1-3H3. The van der Waals surface area contributed by atoms with Crippen LogP contribution in [0, 0.1) is 6.92 Å². The van der Waals surface area contributed by atoms with E-state index in [1.165, 1.54) is 86.7 Å². The summed E-state index contributed by atoms with van der Waals surface area (Å²) in [5.74, 6) is 2.16. The molecule has 2 aromatic carbocycles. The van der Waals surface area contributed by atoms with Crippen LogP contribution in [0.25, 0.3) is 22.2 Å². The molecule has 6 rings (SSSR count). The number of H-pyrrole nitrogens is 1. The third-order valence-corrected chi connectivity index (χ3v) is 9.48. The molecule has 0 aliphatic carbocycles. The molecule has 6 heteroatoms. The minimum atomic E-state index is 0.650. The Balaban J connectivity index is 1.10. The number of fused-ring (bicyclic) bond motifs is 1. The van der Waals surface area contributed by atoms with Gasteiger partial charge < -0.3 is 29.0 Å². The lowest BCUT2D eigenvalue weighted by molar-refractivity contribution is 0.0105. The molecule has 0 unspecified atom stereocenters. The van der Waals surface area contributed by atoms with Crippen LogP contribution in [-0.2, 0) is 4.74 Å². The van der Waals surface area contributed by atoms with Crippen LogP contribution in [0.4, 0.5) is 0 Å². The van der Waals surface area contributed by atoms with E-state index in [1.54, 1.807) is 14.2 Å². The van der Waals surface area contributed by atoms with Gasteiger partial charge in [-0.25, -0.2) is 0 Å². The van der Waals surface area contributed by atoms with Crippen LogP contribution in [0.15, 0.2) is 36.4 Å². The molecule has 3 saturated heterocycles. The van der Waals surface area contributed by atoms with E-state index in [2.05, 4.69) is 52.0 Å². The highest BCUT2D eigenvalue weighted by atomic mass is 16.5. The monoisotopic (exact) mass is 517 g/mol. The number of nitrogens with zero attached hydrogens (tertiary/aromatic N) is 2. The fourth-order valence-corrected chi connectivity index (χ4v) is 7.14. The minimum Gasteiger partial charge on any atom is -0.493 e. The van der Waals surface area contributed by atoms with Crippen molar-refractivity contribution in [1.82, 2.24) is 14.8 Å². The maximum atomic E-state index is 5.58. The molecular weight excluding hydrogens is 474 g/mol. The zero-order valence-electron chi connectivity index (χ0n) is 23.3. The summed E-state index contributed by atoms with van der Waals surface area (Å²) in [5, 5.41) is 1.33. The zero-order valence-corrected chi connectivity index (χ0v) is 23.3. The molecule has 1 aromatic heterocycles. The van der Waals surface area contributed by atoms with Crippen molar-refractivity contribution in [2.24, 2.45) is 0 Å². The van der Waals surface area contributed by atoms with E-state index in [9.17, 15) is 0 Å². The van der Waals surface area contributed by atoms with Crippen molar-refractivity contribution in [3.05, 3.63) is 47.5 Å². The number of rotatable bonds is 6. The smallest absolute Gasteiger partial charge is 0.161 e. The van der Waals surface area contributed by atoms with E-state index in [0.29, 0.717) is 5.92 Å². The summed E-state index contributed by atoms with van der Waals surface area (Å²) < 4.78 is 16.6. The minimum absolute atomic E-state index is 0.650. The molecule has 0 atom stereocenters. The predicted molar refractivity (Wildman–Crippen MR) is 154 cm³/mol. The fraction of sp³-hybridized carbons (Fsp3) is 0.562. The average Bonchev–Trinajstić information content (AvgIpc) is 3.33. The molecule has 38 heavy (non-hydrogen) atoms. The van der Waals surface area contributed by atoms with Crippen molar-refractivity contribution in [3.63, 3.8) is 0 Å².